The normalized spacial score (nSPS) is 22.4. The molecule has 0 radical (unpaired) electrons. The van der Waals surface area contributed by atoms with E-state index in [1.54, 1.807) is 6.07 Å². The Bertz CT molecular complexity index is 996. The highest BCUT2D eigenvalue weighted by molar-refractivity contribution is 5.88. The van der Waals surface area contributed by atoms with Crippen LogP contribution in [0.2, 0.25) is 0 Å². The van der Waals surface area contributed by atoms with Gasteiger partial charge in [0.2, 0.25) is 0 Å². The maximum absolute atomic E-state index is 14.4. The van der Waals surface area contributed by atoms with Crippen molar-refractivity contribution in [2.75, 3.05) is 33.3 Å². The molecule has 34 heavy (non-hydrogen) atoms. The van der Waals surface area contributed by atoms with Crippen molar-refractivity contribution < 1.29 is 22.7 Å². The lowest BCUT2D eigenvalue weighted by Gasteiger charge is -2.51. The summed E-state index contributed by atoms with van der Waals surface area (Å²) < 4.78 is 48.2. The summed E-state index contributed by atoms with van der Waals surface area (Å²) in [7, 11) is 0.965. The SMILES string of the molecule is CO[C@@](C(=O)N1CCC2(CCNCC2c2cc(C)cc(C)c2)CC1)(c1ccccc1)C(F)(F)F. The van der Waals surface area contributed by atoms with E-state index >= 15 is 0 Å². The molecular weight excluding hydrogens is 441 g/mol. The Kier molecular flexibility index (Phi) is 6.80. The van der Waals surface area contributed by atoms with Crippen LogP contribution in [-0.4, -0.2) is 50.3 Å². The summed E-state index contributed by atoms with van der Waals surface area (Å²) in [4.78, 5) is 14.8. The van der Waals surface area contributed by atoms with Crippen LogP contribution in [0.1, 0.15) is 47.4 Å². The molecule has 0 aromatic heterocycles. The first-order chi connectivity index (χ1) is 16.1. The first-order valence-electron chi connectivity index (χ1n) is 11.9. The molecule has 1 unspecified atom stereocenters. The van der Waals surface area contributed by atoms with Crippen molar-refractivity contribution in [3.05, 3.63) is 70.8 Å². The number of hydrogen-bond acceptors (Lipinski definition) is 3. The number of likely N-dealkylation sites (tertiary alicyclic amines) is 1. The Hall–Kier alpha value is -2.38. The topological polar surface area (TPSA) is 41.6 Å². The number of halogens is 3. The third-order valence-corrected chi connectivity index (χ3v) is 7.77. The Morgan fingerprint density at radius 2 is 1.65 bits per heavy atom. The number of alkyl halides is 3. The second-order valence-electron chi connectivity index (χ2n) is 9.83. The summed E-state index contributed by atoms with van der Waals surface area (Å²) in [5.74, 6) is -0.763. The van der Waals surface area contributed by atoms with Gasteiger partial charge in [-0.05, 0) is 50.6 Å². The number of methoxy groups -OCH3 is 1. The average Bonchev–Trinajstić information content (AvgIpc) is 2.80. The number of carbonyl (C=O) groups is 1. The van der Waals surface area contributed by atoms with Gasteiger partial charge in [-0.25, -0.2) is 0 Å². The summed E-state index contributed by atoms with van der Waals surface area (Å²) in [6.45, 7) is 6.47. The van der Waals surface area contributed by atoms with E-state index in [1.165, 1.54) is 45.9 Å². The molecule has 2 saturated heterocycles. The van der Waals surface area contributed by atoms with Crippen molar-refractivity contribution in [3.8, 4) is 0 Å². The molecule has 2 atom stereocenters. The summed E-state index contributed by atoms with van der Waals surface area (Å²) >= 11 is 0. The molecule has 2 aromatic carbocycles. The number of amides is 1. The Balaban J connectivity index is 1.61. The Labute approximate surface area is 199 Å². The van der Waals surface area contributed by atoms with Crippen LogP contribution in [0.4, 0.5) is 13.2 Å². The van der Waals surface area contributed by atoms with E-state index in [1.807, 2.05) is 0 Å². The largest absolute Gasteiger partial charge is 0.430 e. The smallest absolute Gasteiger partial charge is 0.356 e. The van der Waals surface area contributed by atoms with Gasteiger partial charge in [-0.2, -0.15) is 13.2 Å². The first kappa shape index (κ1) is 24.7. The van der Waals surface area contributed by atoms with Crippen LogP contribution in [0.5, 0.6) is 0 Å². The molecule has 4 nitrogen and oxygen atoms in total. The maximum Gasteiger partial charge on any atom is 0.430 e. The molecule has 7 heteroatoms. The van der Waals surface area contributed by atoms with E-state index < -0.39 is 17.7 Å². The number of benzene rings is 2. The fourth-order valence-corrected chi connectivity index (χ4v) is 6.04. The molecule has 2 heterocycles. The van der Waals surface area contributed by atoms with E-state index in [-0.39, 0.29) is 30.0 Å². The number of hydrogen-bond donors (Lipinski definition) is 1. The van der Waals surface area contributed by atoms with Gasteiger partial charge in [0.1, 0.15) is 0 Å². The second kappa shape index (κ2) is 9.34. The summed E-state index contributed by atoms with van der Waals surface area (Å²) in [6, 6.07) is 13.8. The van der Waals surface area contributed by atoms with Crippen LogP contribution in [0.25, 0.3) is 0 Å². The van der Waals surface area contributed by atoms with Crippen molar-refractivity contribution in [2.45, 2.75) is 50.8 Å². The van der Waals surface area contributed by atoms with Gasteiger partial charge in [0.05, 0.1) is 0 Å². The summed E-state index contributed by atoms with van der Waals surface area (Å²) in [5, 5.41) is 3.50. The summed E-state index contributed by atoms with van der Waals surface area (Å²) in [6.07, 6.45) is -2.60. The van der Waals surface area contributed by atoms with Gasteiger partial charge in [-0.1, -0.05) is 59.7 Å². The third kappa shape index (κ3) is 4.24. The first-order valence-corrected chi connectivity index (χ1v) is 11.9. The molecule has 0 saturated carbocycles. The standard InChI is InChI=1S/C27H33F3N2O2/c1-19-15-20(2)17-21(16-19)23-18-31-12-9-25(23)10-13-32(14-11-25)24(33)26(34-3,27(28,29)30)22-7-5-4-6-8-22/h4-8,15-17,23,31H,9-14,18H2,1-3H3/t23?,26-/m1/s1. The molecule has 2 fully saturated rings. The Morgan fingerprint density at radius 1 is 1.03 bits per heavy atom. The van der Waals surface area contributed by atoms with Gasteiger partial charge >= 0.3 is 6.18 Å². The molecule has 0 bridgehead atoms. The fourth-order valence-electron chi connectivity index (χ4n) is 6.04. The minimum absolute atomic E-state index is 0.0387. The molecule has 1 spiro atoms. The fraction of sp³-hybridized carbons (Fsp3) is 0.519. The minimum Gasteiger partial charge on any atom is -0.356 e. The van der Waals surface area contributed by atoms with E-state index in [9.17, 15) is 18.0 Å². The number of rotatable bonds is 4. The number of nitrogens with one attached hydrogen (secondary N) is 1. The average molecular weight is 475 g/mol. The predicted octanol–water partition coefficient (Wildman–Crippen LogP) is 5.09. The molecule has 184 valence electrons. The molecule has 0 aliphatic carbocycles. The lowest BCUT2D eigenvalue weighted by molar-refractivity contribution is -0.271. The van der Waals surface area contributed by atoms with Gasteiger partial charge in [0, 0.05) is 38.2 Å². The molecular formula is C27H33F3N2O2. The molecule has 2 aliphatic rings. The third-order valence-electron chi connectivity index (χ3n) is 7.77. The lowest BCUT2D eigenvalue weighted by atomic mass is 9.62. The number of ether oxygens (including phenoxy) is 1. The highest BCUT2D eigenvalue weighted by atomic mass is 19.4. The molecule has 2 aromatic rings. The second-order valence-corrected chi connectivity index (χ2v) is 9.83. The predicted molar refractivity (Wildman–Crippen MR) is 126 cm³/mol. The van der Waals surface area contributed by atoms with Crippen LogP contribution < -0.4 is 5.32 Å². The number of nitrogens with zero attached hydrogens (tertiary/aromatic N) is 1. The van der Waals surface area contributed by atoms with Gasteiger partial charge in [0.15, 0.2) is 0 Å². The van der Waals surface area contributed by atoms with Gasteiger partial charge in [-0.15, -0.1) is 0 Å². The number of carbonyl (C=O) groups excluding carboxylic acids is 1. The molecule has 4 rings (SSSR count). The van der Waals surface area contributed by atoms with Crippen LogP contribution in [0.3, 0.4) is 0 Å². The maximum atomic E-state index is 14.4. The highest BCUT2D eigenvalue weighted by Crippen LogP contribution is 2.50. The van der Waals surface area contributed by atoms with Crippen LogP contribution in [0.15, 0.2) is 48.5 Å². The zero-order valence-corrected chi connectivity index (χ0v) is 20.0. The van der Waals surface area contributed by atoms with E-state index in [0.29, 0.717) is 12.8 Å². The van der Waals surface area contributed by atoms with Gasteiger partial charge in [0.25, 0.3) is 11.5 Å². The minimum atomic E-state index is -4.88. The van der Waals surface area contributed by atoms with Crippen molar-refractivity contribution in [1.29, 1.82) is 0 Å². The van der Waals surface area contributed by atoms with Crippen molar-refractivity contribution >= 4 is 5.91 Å². The zero-order valence-electron chi connectivity index (χ0n) is 20.0. The zero-order chi connectivity index (χ0) is 24.6. The molecule has 2 aliphatic heterocycles. The van der Waals surface area contributed by atoms with Crippen molar-refractivity contribution in [3.63, 3.8) is 0 Å². The van der Waals surface area contributed by atoms with Crippen LogP contribution in [0, 0.1) is 19.3 Å². The monoisotopic (exact) mass is 474 g/mol. The highest BCUT2D eigenvalue weighted by Gasteiger charge is 2.64. The van der Waals surface area contributed by atoms with Crippen LogP contribution in [-0.2, 0) is 15.1 Å². The van der Waals surface area contributed by atoms with E-state index in [0.717, 1.165) is 26.6 Å². The summed E-state index contributed by atoms with van der Waals surface area (Å²) in [5.41, 5.74) is 0.464. The quantitative estimate of drug-likeness (QED) is 0.671. The molecule has 1 amide bonds. The lowest BCUT2D eigenvalue weighted by Crippen LogP contribution is -2.59. The number of piperidine rings is 2. The van der Waals surface area contributed by atoms with Gasteiger partial charge in [-0.3, -0.25) is 4.79 Å². The van der Waals surface area contributed by atoms with E-state index in [2.05, 4.69) is 37.4 Å². The van der Waals surface area contributed by atoms with Crippen molar-refractivity contribution in [1.82, 2.24) is 10.2 Å². The van der Waals surface area contributed by atoms with Crippen LogP contribution >= 0.6 is 0 Å². The Morgan fingerprint density at radius 3 is 2.21 bits per heavy atom. The van der Waals surface area contributed by atoms with Gasteiger partial charge < -0.3 is 15.0 Å². The van der Waals surface area contributed by atoms with Crippen molar-refractivity contribution in [2.24, 2.45) is 5.41 Å². The number of aryl methyl sites for hydroxylation is 2. The van der Waals surface area contributed by atoms with E-state index in [4.69, 9.17) is 4.74 Å². The molecule has 1 N–H and O–H groups in total.